The van der Waals surface area contributed by atoms with Gasteiger partial charge >= 0.3 is 0 Å². The van der Waals surface area contributed by atoms with Crippen molar-refractivity contribution < 1.29 is 9.53 Å². The molecule has 5 rings (SSSR count). The third-order valence-corrected chi connectivity index (χ3v) is 8.53. The molecule has 1 saturated carbocycles. The summed E-state index contributed by atoms with van der Waals surface area (Å²) in [5.41, 5.74) is 5.46. The van der Waals surface area contributed by atoms with E-state index in [1.54, 1.807) is 11.3 Å². The summed E-state index contributed by atoms with van der Waals surface area (Å²) in [6.07, 6.45) is 3.69. The second kappa shape index (κ2) is 9.02. The molecule has 6 heteroatoms. The molecule has 2 aliphatic heterocycles. The molecular formula is C28H35N3O2S. The Labute approximate surface area is 207 Å². The number of fused-ring (bicyclic) bond motifs is 1. The van der Waals surface area contributed by atoms with Gasteiger partial charge in [-0.05, 0) is 72.7 Å². The van der Waals surface area contributed by atoms with Crippen LogP contribution in [0.4, 0.5) is 5.69 Å². The van der Waals surface area contributed by atoms with Crippen LogP contribution in [-0.2, 0) is 29.0 Å². The Bertz CT molecular complexity index is 1110. The Hall–Kier alpha value is -2.36. The van der Waals surface area contributed by atoms with Crippen LogP contribution < -0.4 is 4.90 Å². The number of hydrogen-bond donors (Lipinski definition) is 0. The van der Waals surface area contributed by atoms with Crippen molar-refractivity contribution >= 4 is 22.9 Å². The first kappa shape index (κ1) is 23.4. The van der Waals surface area contributed by atoms with Gasteiger partial charge in [-0.25, -0.2) is 0 Å². The SMILES string of the molecule is CC(C)C1CN(c2cc(C3CC3)c3c(c2C#N)CC(C)(C)OC3)CCN1C(=O)Cc1cccs1. The number of amides is 1. The van der Waals surface area contributed by atoms with Gasteiger partial charge < -0.3 is 14.5 Å². The third kappa shape index (κ3) is 4.48. The lowest BCUT2D eigenvalue weighted by Crippen LogP contribution is -2.57. The molecule has 1 saturated heterocycles. The van der Waals surface area contributed by atoms with Crippen LogP contribution in [-0.4, -0.2) is 42.1 Å². The summed E-state index contributed by atoms with van der Waals surface area (Å²) < 4.78 is 6.16. The fraction of sp³-hybridized carbons (Fsp3) is 0.571. The van der Waals surface area contributed by atoms with E-state index in [2.05, 4.69) is 49.6 Å². The molecule has 0 bridgehead atoms. The number of nitriles is 1. The number of benzene rings is 1. The van der Waals surface area contributed by atoms with Crippen molar-refractivity contribution in [3.63, 3.8) is 0 Å². The Morgan fingerprint density at radius 1 is 1.29 bits per heavy atom. The molecule has 34 heavy (non-hydrogen) atoms. The first-order valence-electron chi connectivity index (χ1n) is 12.6. The second-order valence-corrected chi connectivity index (χ2v) is 12.1. The van der Waals surface area contributed by atoms with Gasteiger partial charge in [0.2, 0.25) is 5.91 Å². The molecule has 0 N–H and O–H groups in total. The minimum Gasteiger partial charge on any atom is -0.371 e. The highest BCUT2D eigenvalue weighted by atomic mass is 32.1. The molecule has 1 amide bonds. The normalized spacial score (nSPS) is 21.9. The highest BCUT2D eigenvalue weighted by molar-refractivity contribution is 7.10. The van der Waals surface area contributed by atoms with Gasteiger partial charge in [-0.3, -0.25) is 4.79 Å². The molecule has 1 aromatic carbocycles. The Morgan fingerprint density at radius 2 is 2.09 bits per heavy atom. The summed E-state index contributed by atoms with van der Waals surface area (Å²) in [4.78, 5) is 18.8. The predicted molar refractivity (Wildman–Crippen MR) is 136 cm³/mol. The lowest BCUT2D eigenvalue weighted by atomic mass is 9.83. The second-order valence-electron chi connectivity index (χ2n) is 11.0. The smallest absolute Gasteiger partial charge is 0.228 e. The van der Waals surface area contributed by atoms with E-state index in [0.29, 0.717) is 31.4 Å². The van der Waals surface area contributed by atoms with Crippen molar-refractivity contribution in [2.24, 2.45) is 5.92 Å². The zero-order valence-electron chi connectivity index (χ0n) is 20.8. The van der Waals surface area contributed by atoms with Crippen LogP contribution in [0, 0.1) is 17.2 Å². The van der Waals surface area contributed by atoms with Gasteiger partial charge in [0, 0.05) is 30.9 Å². The molecule has 3 aliphatic rings. The highest BCUT2D eigenvalue weighted by Gasteiger charge is 2.38. The lowest BCUT2D eigenvalue weighted by Gasteiger charge is -2.45. The first-order valence-corrected chi connectivity index (χ1v) is 13.4. The highest BCUT2D eigenvalue weighted by Crippen LogP contribution is 2.47. The fourth-order valence-electron chi connectivity index (χ4n) is 5.60. The molecular weight excluding hydrogens is 442 g/mol. The Kier molecular flexibility index (Phi) is 6.20. The standard InChI is InChI=1S/C28H35N3O2S/c1-18(2)26-16-30(9-10-31(26)27(32)12-20-6-5-11-34-20)25-13-21(19-7-8-19)24-17-33-28(3,4)14-22(24)23(25)15-29/h5-6,11,13,18-19,26H,7-10,12,14,16-17H2,1-4H3. The number of hydrogen-bond acceptors (Lipinski definition) is 5. The summed E-state index contributed by atoms with van der Waals surface area (Å²) in [5, 5.41) is 12.3. The quantitative estimate of drug-likeness (QED) is 0.589. The third-order valence-electron chi connectivity index (χ3n) is 7.66. The van der Waals surface area contributed by atoms with E-state index in [1.165, 1.54) is 29.5 Å². The van der Waals surface area contributed by atoms with Crippen LogP contribution in [0.3, 0.4) is 0 Å². The molecule has 1 unspecified atom stereocenters. The maximum Gasteiger partial charge on any atom is 0.228 e. The minimum absolute atomic E-state index is 0.132. The summed E-state index contributed by atoms with van der Waals surface area (Å²) in [7, 11) is 0. The minimum atomic E-state index is -0.259. The van der Waals surface area contributed by atoms with Gasteiger partial charge in [0.05, 0.1) is 35.9 Å². The van der Waals surface area contributed by atoms with Gasteiger partial charge in [0.15, 0.2) is 0 Å². The summed E-state index contributed by atoms with van der Waals surface area (Å²) in [6.45, 7) is 11.5. The molecule has 2 aromatic rings. The number of ether oxygens (including phenoxy) is 1. The van der Waals surface area contributed by atoms with E-state index in [4.69, 9.17) is 4.74 Å². The molecule has 0 spiro atoms. The zero-order chi connectivity index (χ0) is 24.0. The van der Waals surface area contributed by atoms with Crippen molar-refractivity contribution in [1.82, 2.24) is 4.90 Å². The molecule has 180 valence electrons. The Morgan fingerprint density at radius 3 is 2.74 bits per heavy atom. The van der Waals surface area contributed by atoms with E-state index in [-0.39, 0.29) is 17.6 Å². The molecule has 1 aliphatic carbocycles. The number of anilines is 1. The van der Waals surface area contributed by atoms with Gasteiger partial charge in [-0.2, -0.15) is 5.26 Å². The largest absolute Gasteiger partial charge is 0.371 e. The van der Waals surface area contributed by atoms with E-state index in [9.17, 15) is 10.1 Å². The number of nitrogens with zero attached hydrogens (tertiary/aromatic N) is 3. The molecule has 3 heterocycles. The topological polar surface area (TPSA) is 56.6 Å². The van der Waals surface area contributed by atoms with Crippen molar-refractivity contribution in [1.29, 1.82) is 5.26 Å². The average molecular weight is 478 g/mol. The van der Waals surface area contributed by atoms with Crippen LogP contribution in [0.15, 0.2) is 23.6 Å². The molecule has 0 radical (unpaired) electrons. The van der Waals surface area contributed by atoms with Gasteiger partial charge in [0.1, 0.15) is 6.07 Å². The summed E-state index contributed by atoms with van der Waals surface area (Å²) >= 11 is 1.65. The van der Waals surface area contributed by atoms with Crippen LogP contribution in [0.2, 0.25) is 0 Å². The van der Waals surface area contributed by atoms with E-state index in [0.717, 1.165) is 35.6 Å². The van der Waals surface area contributed by atoms with Crippen LogP contribution >= 0.6 is 11.3 Å². The molecule has 1 atom stereocenters. The van der Waals surface area contributed by atoms with Crippen molar-refractivity contribution in [3.05, 3.63) is 50.7 Å². The van der Waals surface area contributed by atoms with Crippen LogP contribution in [0.25, 0.3) is 0 Å². The monoisotopic (exact) mass is 477 g/mol. The number of carbonyl (C=O) groups excluding carboxylic acids is 1. The van der Waals surface area contributed by atoms with Gasteiger partial charge in [-0.15, -0.1) is 11.3 Å². The molecule has 1 aromatic heterocycles. The van der Waals surface area contributed by atoms with Crippen molar-refractivity contribution in [2.75, 3.05) is 24.5 Å². The molecule has 2 fully saturated rings. The van der Waals surface area contributed by atoms with Crippen LogP contribution in [0.5, 0.6) is 0 Å². The lowest BCUT2D eigenvalue weighted by molar-refractivity contribution is -0.134. The first-order chi connectivity index (χ1) is 16.3. The molecule has 5 nitrogen and oxygen atoms in total. The van der Waals surface area contributed by atoms with Gasteiger partial charge in [0.25, 0.3) is 0 Å². The van der Waals surface area contributed by atoms with E-state index < -0.39 is 0 Å². The fourth-order valence-corrected chi connectivity index (χ4v) is 6.30. The van der Waals surface area contributed by atoms with Crippen LogP contribution in [0.1, 0.15) is 73.6 Å². The number of thiophene rings is 1. The van der Waals surface area contributed by atoms with Crippen molar-refractivity contribution in [2.45, 2.75) is 77.5 Å². The summed E-state index contributed by atoms with van der Waals surface area (Å²) in [6, 6.07) is 9.05. The van der Waals surface area contributed by atoms with E-state index >= 15 is 0 Å². The average Bonchev–Trinajstić information content (AvgIpc) is 3.53. The number of piperazine rings is 1. The maximum absolute atomic E-state index is 13.2. The predicted octanol–water partition coefficient (Wildman–Crippen LogP) is 5.26. The number of carbonyl (C=O) groups is 1. The zero-order valence-corrected chi connectivity index (χ0v) is 21.6. The van der Waals surface area contributed by atoms with E-state index in [1.807, 2.05) is 17.5 Å². The van der Waals surface area contributed by atoms with Gasteiger partial charge in [-0.1, -0.05) is 19.9 Å². The number of rotatable bonds is 5. The maximum atomic E-state index is 13.2. The summed E-state index contributed by atoms with van der Waals surface area (Å²) in [5.74, 6) is 1.15. The van der Waals surface area contributed by atoms with Crippen molar-refractivity contribution in [3.8, 4) is 6.07 Å². The Balaban J connectivity index is 1.46.